The summed E-state index contributed by atoms with van der Waals surface area (Å²) in [5.74, 6) is 1.39. The molecule has 1 amide bonds. The second kappa shape index (κ2) is 10.5. The zero-order valence-corrected chi connectivity index (χ0v) is 18.5. The molecule has 0 saturated heterocycles. The van der Waals surface area contributed by atoms with Crippen LogP contribution in [0.25, 0.3) is 11.3 Å². The maximum absolute atomic E-state index is 12.5. The first kappa shape index (κ1) is 23.8. The summed E-state index contributed by atoms with van der Waals surface area (Å²) in [4.78, 5) is 17.0. The van der Waals surface area contributed by atoms with Gasteiger partial charge in [0.15, 0.2) is 11.7 Å². The third kappa shape index (κ3) is 5.35. The van der Waals surface area contributed by atoms with Crippen LogP contribution in [0.2, 0.25) is 0 Å². The third-order valence-corrected chi connectivity index (χ3v) is 5.26. The van der Waals surface area contributed by atoms with Gasteiger partial charge in [-0.05, 0) is 49.4 Å². The minimum atomic E-state index is 0. The fourth-order valence-corrected chi connectivity index (χ4v) is 3.89. The molecule has 0 spiro atoms. The van der Waals surface area contributed by atoms with E-state index in [1.165, 1.54) is 11.1 Å². The van der Waals surface area contributed by atoms with Gasteiger partial charge in [-0.2, -0.15) is 0 Å². The fourth-order valence-electron chi connectivity index (χ4n) is 3.89. The lowest BCUT2D eigenvalue weighted by molar-refractivity contribution is -0.122. The summed E-state index contributed by atoms with van der Waals surface area (Å²) in [7, 11) is 0. The minimum Gasteiger partial charge on any atom is -0.440 e. The smallest absolute Gasteiger partial charge is 0.220 e. The number of aryl methyl sites for hydroxylation is 3. The van der Waals surface area contributed by atoms with Gasteiger partial charge in [-0.3, -0.25) is 4.79 Å². The van der Waals surface area contributed by atoms with Crippen LogP contribution in [0.15, 0.2) is 52.9 Å². The Morgan fingerprint density at radius 3 is 2.73 bits per heavy atom. The number of aromatic nitrogens is 1. The number of nitrogens with two attached hydrogens (primary N) is 1. The van der Waals surface area contributed by atoms with E-state index in [4.69, 9.17) is 10.2 Å². The lowest BCUT2D eigenvalue weighted by atomic mass is 9.87. The van der Waals surface area contributed by atoms with Crippen molar-refractivity contribution in [2.24, 2.45) is 0 Å². The minimum absolute atomic E-state index is 0. The highest BCUT2D eigenvalue weighted by atomic mass is 35.5. The molecule has 160 valence electrons. The highest BCUT2D eigenvalue weighted by Crippen LogP contribution is 2.31. The van der Waals surface area contributed by atoms with Crippen LogP contribution in [0.1, 0.15) is 48.0 Å². The Kier molecular flexibility index (Phi) is 8.33. The molecule has 1 heterocycles. The SMILES string of the molecule is Cc1nc(CCC(=O)NC2CCCc3cc(N)ccc32)oc1-c1ccccc1.Cl.Cl. The summed E-state index contributed by atoms with van der Waals surface area (Å²) in [6, 6.07) is 15.9. The van der Waals surface area contributed by atoms with Crippen LogP contribution in [0.5, 0.6) is 0 Å². The average molecular weight is 448 g/mol. The third-order valence-electron chi connectivity index (χ3n) is 5.26. The van der Waals surface area contributed by atoms with Gasteiger partial charge in [-0.25, -0.2) is 4.98 Å². The summed E-state index contributed by atoms with van der Waals surface area (Å²) >= 11 is 0. The monoisotopic (exact) mass is 447 g/mol. The first-order chi connectivity index (χ1) is 13.6. The van der Waals surface area contributed by atoms with E-state index in [1.807, 2.05) is 55.5 Å². The van der Waals surface area contributed by atoms with Crippen molar-refractivity contribution in [3.8, 4) is 11.3 Å². The topological polar surface area (TPSA) is 81.2 Å². The number of hydrogen-bond donors (Lipinski definition) is 2. The van der Waals surface area contributed by atoms with E-state index < -0.39 is 0 Å². The maximum Gasteiger partial charge on any atom is 0.220 e. The molecule has 7 heteroatoms. The lowest BCUT2D eigenvalue weighted by Gasteiger charge is -2.26. The Hall–Kier alpha value is -2.50. The normalized spacial score (nSPS) is 14.8. The Morgan fingerprint density at radius 2 is 1.97 bits per heavy atom. The molecule has 30 heavy (non-hydrogen) atoms. The summed E-state index contributed by atoms with van der Waals surface area (Å²) in [5.41, 5.74) is 10.9. The van der Waals surface area contributed by atoms with Crippen LogP contribution >= 0.6 is 24.8 Å². The number of rotatable bonds is 5. The number of nitrogens with one attached hydrogen (secondary N) is 1. The summed E-state index contributed by atoms with van der Waals surface area (Å²) in [5, 5.41) is 3.17. The predicted octanol–water partition coefficient (Wildman–Crippen LogP) is 5.20. The molecule has 3 aromatic rings. The fraction of sp³-hybridized carbons (Fsp3) is 0.304. The van der Waals surface area contributed by atoms with Crippen molar-refractivity contribution in [2.75, 3.05) is 5.73 Å². The molecule has 0 fully saturated rings. The highest BCUT2D eigenvalue weighted by molar-refractivity contribution is 5.85. The van der Waals surface area contributed by atoms with Gasteiger partial charge in [0.2, 0.25) is 5.91 Å². The zero-order chi connectivity index (χ0) is 19.5. The van der Waals surface area contributed by atoms with E-state index >= 15 is 0 Å². The van der Waals surface area contributed by atoms with Gasteiger partial charge in [0, 0.05) is 24.1 Å². The second-order valence-electron chi connectivity index (χ2n) is 7.36. The molecule has 1 aromatic heterocycles. The van der Waals surface area contributed by atoms with Crippen molar-refractivity contribution >= 4 is 36.4 Å². The molecular formula is C23H27Cl2N3O2. The van der Waals surface area contributed by atoms with Crippen molar-refractivity contribution in [1.29, 1.82) is 0 Å². The number of anilines is 1. The molecule has 3 N–H and O–H groups in total. The molecule has 0 radical (unpaired) electrons. The maximum atomic E-state index is 12.5. The number of benzene rings is 2. The first-order valence-electron chi connectivity index (χ1n) is 9.79. The number of amides is 1. The van der Waals surface area contributed by atoms with Crippen molar-refractivity contribution in [3.63, 3.8) is 0 Å². The van der Waals surface area contributed by atoms with E-state index in [2.05, 4.69) is 10.3 Å². The Balaban J connectivity index is 0.00000160. The van der Waals surface area contributed by atoms with Gasteiger partial charge >= 0.3 is 0 Å². The second-order valence-corrected chi connectivity index (χ2v) is 7.36. The van der Waals surface area contributed by atoms with Crippen LogP contribution in [0.4, 0.5) is 5.69 Å². The molecule has 0 bridgehead atoms. The van der Waals surface area contributed by atoms with E-state index in [-0.39, 0.29) is 36.8 Å². The van der Waals surface area contributed by atoms with Crippen molar-refractivity contribution in [2.45, 2.75) is 45.1 Å². The highest BCUT2D eigenvalue weighted by Gasteiger charge is 2.22. The molecule has 1 atom stereocenters. The van der Waals surface area contributed by atoms with E-state index in [1.54, 1.807) is 0 Å². The van der Waals surface area contributed by atoms with E-state index in [0.717, 1.165) is 42.0 Å². The van der Waals surface area contributed by atoms with Gasteiger partial charge in [-0.1, -0.05) is 36.4 Å². The van der Waals surface area contributed by atoms with E-state index in [9.17, 15) is 4.79 Å². The van der Waals surface area contributed by atoms with Crippen LogP contribution < -0.4 is 11.1 Å². The quantitative estimate of drug-likeness (QED) is 0.526. The predicted molar refractivity (Wildman–Crippen MR) is 124 cm³/mol. The molecule has 0 saturated carbocycles. The Bertz CT molecular complexity index is 989. The van der Waals surface area contributed by atoms with Crippen LogP contribution in [0.3, 0.4) is 0 Å². The first-order valence-corrected chi connectivity index (χ1v) is 9.79. The van der Waals surface area contributed by atoms with Gasteiger partial charge < -0.3 is 15.5 Å². The number of nitrogens with zero attached hydrogens (tertiary/aromatic N) is 1. The van der Waals surface area contributed by atoms with Crippen LogP contribution in [-0.2, 0) is 17.6 Å². The number of oxazole rings is 1. The van der Waals surface area contributed by atoms with Gasteiger partial charge in [0.25, 0.3) is 0 Å². The number of halogens is 2. The molecule has 1 aliphatic carbocycles. The molecule has 1 unspecified atom stereocenters. The zero-order valence-electron chi connectivity index (χ0n) is 16.9. The van der Waals surface area contributed by atoms with Crippen LogP contribution in [-0.4, -0.2) is 10.9 Å². The lowest BCUT2D eigenvalue weighted by Crippen LogP contribution is -2.31. The van der Waals surface area contributed by atoms with Gasteiger partial charge in [0.1, 0.15) is 0 Å². The number of fused-ring (bicyclic) bond motifs is 1. The van der Waals surface area contributed by atoms with Crippen LogP contribution in [0, 0.1) is 6.92 Å². The molecule has 4 rings (SSSR count). The standard InChI is InChI=1S/C23H25N3O2.2ClH/c1-15-23(16-6-3-2-4-7-16)28-22(25-15)13-12-21(27)26-20-9-5-8-17-14-18(24)10-11-19(17)20;;/h2-4,6-7,10-11,14,20H,5,8-9,12-13,24H2,1H3,(H,26,27);2*1H. The summed E-state index contributed by atoms with van der Waals surface area (Å²) < 4.78 is 5.91. The number of nitrogen functional groups attached to an aromatic ring is 1. The summed E-state index contributed by atoms with van der Waals surface area (Å²) in [6.07, 6.45) is 3.88. The van der Waals surface area contributed by atoms with Gasteiger partial charge in [-0.15, -0.1) is 24.8 Å². The van der Waals surface area contributed by atoms with Crippen molar-refractivity contribution < 1.29 is 9.21 Å². The molecular weight excluding hydrogens is 421 g/mol. The average Bonchev–Trinajstić information content (AvgIpc) is 3.08. The summed E-state index contributed by atoms with van der Waals surface area (Å²) in [6.45, 7) is 1.93. The van der Waals surface area contributed by atoms with Crippen molar-refractivity contribution in [3.05, 3.63) is 71.2 Å². The molecule has 1 aliphatic rings. The number of carbonyl (C=O) groups is 1. The number of hydrogen-bond acceptors (Lipinski definition) is 4. The molecule has 5 nitrogen and oxygen atoms in total. The number of carbonyl (C=O) groups excluding carboxylic acids is 1. The molecule has 0 aliphatic heterocycles. The Labute approximate surface area is 189 Å². The van der Waals surface area contributed by atoms with Crippen molar-refractivity contribution in [1.82, 2.24) is 10.3 Å². The van der Waals surface area contributed by atoms with Gasteiger partial charge in [0.05, 0.1) is 11.7 Å². The van der Waals surface area contributed by atoms with E-state index in [0.29, 0.717) is 18.7 Å². The largest absolute Gasteiger partial charge is 0.440 e. The Morgan fingerprint density at radius 1 is 1.20 bits per heavy atom. The molecule has 2 aromatic carbocycles.